The van der Waals surface area contributed by atoms with Crippen molar-refractivity contribution < 1.29 is 19.2 Å². The molecule has 0 saturated carbocycles. The van der Waals surface area contributed by atoms with Crippen molar-refractivity contribution >= 4 is 22.5 Å². The number of nitro benzene ring substituents is 1. The molecule has 4 aromatic rings. The molecular weight excluding hydrogens is 434 g/mol. The number of methoxy groups -OCH3 is 2. The molecule has 1 N–H and O–H groups in total. The zero-order valence-corrected chi connectivity index (χ0v) is 18.8. The van der Waals surface area contributed by atoms with E-state index < -0.39 is 4.92 Å². The summed E-state index contributed by atoms with van der Waals surface area (Å²) in [5.74, 6) is 1.05. The number of nitrogens with one attached hydrogen (secondary N) is 1. The van der Waals surface area contributed by atoms with Crippen molar-refractivity contribution in [3.63, 3.8) is 0 Å². The van der Waals surface area contributed by atoms with Gasteiger partial charge in [0, 0.05) is 35.8 Å². The van der Waals surface area contributed by atoms with Crippen LogP contribution in [0.1, 0.15) is 33.1 Å². The molecule has 1 aliphatic heterocycles. The van der Waals surface area contributed by atoms with E-state index in [9.17, 15) is 14.9 Å². The molecule has 8 nitrogen and oxygen atoms in total. The molecule has 0 spiro atoms. The maximum absolute atomic E-state index is 13.9. The van der Waals surface area contributed by atoms with Gasteiger partial charge in [0.05, 0.1) is 30.7 Å². The van der Waals surface area contributed by atoms with Gasteiger partial charge in [-0.3, -0.25) is 14.9 Å². The van der Waals surface area contributed by atoms with E-state index in [0.29, 0.717) is 40.9 Å². The number of nitro groups is 1. The van der Waals surface area contributed by atoms with E-state index in [1.807, 2.05) is 47.4 Å². The lowest BCUT2D eigenvalue weighted by atomic mass is 9.87. The number of rotatable bonds is 5. The highest BCUT2D eigenvalue weighted by Gasteiger charge is 2.34. The second-order valence-corrected chi connectivity index (χ2v) is 8.16. The number of hydrogen-bond acceptors (Lipinski definition) is 5. The van der Waals surface area contributed by atoms with Gasteiger partial charge in [-0.25, -0.2) is 0 Å². The lowest BCUT2D eigenvalue weighted by Gasteiger charge is -2.38. The van der Waals surface area contributed by atoms with Gasteiger partial charge in [-0.1, -0.05) is 30.3 Å². The maximum Gasteiger partial charge on any atom is 0.270 e. The Kier molecular flexibility index (Phi) is 5.41. The van der Waals surface area contributed by atoms with Crippen LogP contribution in [0.4, 0.5) is 5.69 Å². The number of ether oxygens (including phenoxy) is 2. The smallest absolute Gasteiger partial charge is 0.270 e. The molecule has 0 fully saturated rings. The molecule has 3 aromatic carbocycles. The molecular formula is C26H23N3O5. The van der Waals surface area contributed by atoms with Crippen LogP contribution in [0.5, 0.6) is 11.5 Å². The van der Waals surface area contributed by atoms with Gasteiger partial charge >= 0.3 is 0 Å². The summed E-state index contributed by atoms with van der Waals surface area (Å²) in [4.78, 5) is 29.7. The number of aromatic amines is 1. The molecule has 172 valence electrons. The summed E-state index contributed by atoms with van der Waals surface area (Å²) in [7, 11) is 3.19. The van der Waals surface area contributed by atoms with Crippen molar-refractivity contribution in [3.8, 4) is 11.5 Å². The quantitative estimate of drug-likeness (QED) is 0.340. The average Bonchev–Trinajstić information content (AvgIpc) is 3.30. The standard InChI is InChI=1S/C26H23N3O5/c1-33-23-12-17-10-11-28(25(16-6-4-3-5-7-16)19(17)14-24(23)34-2)26(30)21-15-27-22-9-8-18(29(31)32)13-20(21)22/h3-9,12-15,25,27H,10-11H2,1-2H3. The molecule has 0 bridgehead atoms. The first-order chi connectivity index (χ1) is 16.5. The summed E-state index contributed by atoms with van der Waals surface area (Å²) in [5.41, 5.74) is 4.05. The Morgan fingerprint density at radius 2 is 1.79 bits per heavy atom. The summed E-state index contributed by atoms with van der Waals surface area (Å²) in [5, 5.41) is 11.8. The Hall–Kier alpha value is -4.33. The Labute approximate surface area is 195 Å². The van der Waals surface area contributed by atoms with Crippen LogP contribution in [0.25, 0.3) is 10.9 Å². The number of hydrogen-bond donors (Lipinski definition) is 1. The minimum absolute atomic E-state index is 0.0541. The summed E-state index contributed by atoms with van der Waals surface area (Å²) < 4.78 is 11.0. The molecule has 34 heavy (non-hydrogen) atoms. The van der Waals surface area contributed by atoms with Crippen LogP contribution in [0.3, 0.4) is 0 Å². The monoisotopic (exact) mass is 457 g/mol. The van der Waals surface area contributed by atoms with Crippen LogP contribution < -0.4 is 9.47 Å². The number of aromatic nitrogens is 1. The van der Waals surface area contributed by atoms with Crippen molar-refractivity contribution in [2.75, 3.05) is 20.8 Å². The van der Waals surface area contributed by atoms with Crippen LogP contribution in [0, 0.1) is 10.1 Å². The Morgan fingerprint density at radius 1 is 1.06 bits per heavy atom. The van der Waals surface area contributed by atoms with Gasteiger partial charge < -0.3 is 19.4 Å². The highest BCUT2D eigenvalue weighted by Crippen LogP contribution is 2.42. The van der Waals surface area contributed by atoms with E-state index in [2.05, 4.69) is 4.98 Å². The fourth-order valence-electron chi connectivity index (χ4n) is 4.71. The van der Waals surface area contributed by atoms with Gasteiger partial charge in [0.2, 0.25) is 0 Å². The van der Waals surface area contributed by atoms with Crippen molar-refractivity contribution in [2.24, 2.45) is 0 Å². The van der Waals surface area contributed by atoms with Gasteiger partial charge in [0.15, 0.2) is 11.5 Å². The summed E-state index contributed by atoms with van der Waals surface area (Å²) in [6.45, 7) is 0.489. The first kappa shape index (κ1) is 21.5. The number of H-pyrrole nitrogens is 1. The van der Waals surface area contributed by atoms with Gasteiger partial charge in [-0.05, 0) is 41.3 Å². The van der Waals surface area contributed by atoms with Crippen LogP contribution in [0.15, 0.2) is 66.9 Å². The van der Waals surface area contributed by atoms with Gasteiger partial charge in [-0.2, -0.15) is 0 Å². The van der Waals surface area contributed by atoms with E-state index in [1.165, 1.54) is 12.1 Å². The first-order valence-corrected chi connectivity index (χ1v) is 10.9. The largest absolute Gasteiger partial charge is 0.493 e. The minimum Gasteiger partial charge on any atom is -0.493 e. The van der Waals surface area contributed by atoms with Crippen molar-refractivity contribution in [1.29, 1.82) is 0 Å². The molecule has 1 amide bonds. The number of carbonyl (C=O) groups excluding carboxylic acids is 1. The molecule has 2 heterocycles. The van der Waals surface area contributed by atoms with Crippen LogP contribution in [-0.2, 0) is 6.42 Å². The lowest BCUT2D eigenvalue weighted by molar-refractivity contribution is -0.384. The molecule has 0 radical (unpaired) electrons. The SMILES string of the molecule is COc1cc2c(cc1OC)C(c1ccccc1)N(C(=O)c1c[nH]c3ccc([N+](=O)[O-])cc13)CC2. The van der Waals surface area contributed by atoms with Gasteiger partial charge in [0.1, 0.15) is 0 Å². The van der Waals surface area contributed by atoms with Crippen molar-refractivity contribution in [3.05, 3.63) is 99.2 Å². The number of non-ortho nitro benzene ring substituents is 1. The number of carbonyl (C=O) groups is 1. The lowest BCUT2D eigenvalue weighted by Crippen LogP contribution is -2.40. The van der Waals surface area contributed by atoms with E-state index in [0.717, 1.165) is 16.7 Å². The first-order valence-electron chi connectivity index (χ1n) is 10.9. The number of amides is 1. The third kappa shape index (κ3) is 3.53. The highest BCUT2D eigenvalue weighted by atomic mass is 16.6. The highest BCUT2D eigenvalue weighted by molar-refractivity contribution is 6.07. The van der Waals surface area contributed by atoms with E-state index in [-0.39, 0.29) is 17.6 Å². The Bertz CT molecular complexity index is 1400. The predicted octanol–water partition coefficient (Wildman–Crippen LogP) is 4.88. The van der Waals surface area contributed by atoms with Gasteiger partial charge in [-0.15, -0.1) is 0 Å². The van der Waals surface area contributed by atoms with Crippen LogP contribution >= 0.6 is 0 Å². The summed E-state index contributed by atoms with van der Waals surface area (Å²) in [6, 6.07) is 17.9. The number of fused-ring (bicyclic) bond motifs is 2. The fraction of sp³-hybridized carbons (Fsp3) is 0.192. The molecule has 0 aliphatic carbocycles. The van der Waals surface area contributed by atoms with Crippen molar-refractivity contribution in [2.45, 2.75) is 12.5 Å². The average molecular weight is 457 g/mol. The fourth-order valence-corrected chi connectivity index (χ4v) is 4.71. The molecule has 1 aliphatic rings. The molecule has 0 saturated heterocycles. The zero-order valence-electron chi connectivity index (χ0n) is 18.8. The molecule has 8 heteroatoms. The normalized spacial score (nSPS) is 15.1. The topological polar surface area (TPSA) is 97.7 Å². The molecule has 1 aromatic heterocycles. The Balaban J connectivity index is 1.64. The van der Waals surface area contributed by atoms with Crippen LogP contribution in [0.2, 0.25) is 0 Å². The summed E-state index contributed by atoms with van der Waals surface area (Å²) >= 11 is 0. The van der Waals surface area contributed by atoms with E-state index >= 15 is 0 Å². The summed E-state index contributed by atoms with van der Waals surface area (Å²) in [6.07, 6.45) is 2.27. The minimum atomic E-state index is -0.454. The second-order valence-electron chi connectivity index (χ2n) is 8.16. The van der Waals surface area contributed by atoms with Crippen LogP contribution in [-0.4, -0.2) is 41.5 Å². The van der Waals surface area contributed by atoms with E-state index in [1.54, 1.807) is 26.5 Å². The number of benzene rings is 3. The maximum atomic E-state index is 13.9. The predicted molar refractivity (Wildman–Crippen MR) is 128 cm³/mol. The van der Waals surface area contributed by atoms with Gasteiger partial charge in [0.25, 0.3) is 11.6 Å². The second kappa shape index (κ2) is 8.55. The number of nitrogens with zero attached hydrogens (tertiary/aromatic N) is 2. The Morgan fingerprint density at radius 3 is 2.50 bits per heavy atom. The van der Waals surface area contributed by atoms with E-state index in [4.69, 9.17) is 9.47 Å². The molecule has 1 atom stereocenters. The van der Waals surface area contributed by atoms with Crippen molar-refractivity contribution in [1.82, 2.24) is 9.88 Å². The molecule has 5 rings (SSSR count). The third-order valence-corrected chi connectivity index (χ3v) is 6.36. The molecule has 1 unspecified atom stereocenters. The third-order valence-electron chi connectivity index (χ3n) is 6.36. The zero-order chi connectivity index (χ0) is 23.8.